The lowest BCUT2D eigenvalue weighted by atomic mass is 10.0. The SMILES string of the molecule is CC1CC(OC(=O)[C@H]2CCCCN2)CC(C)O1. The number of carbonyl (C=O) groups is 1. The van der Waals surface area contributed by atoms with Crippen molar-refractivity contribution in [1.82, 2.24) is 5.32 Å². The lowest BCUT2D eigenvalue weighted by Gasteiger charge is -2.33. The van der Waals surface area contributed by atoms with Gasteiger partial charge in [-0.3, -0.25) is 4.79 Å². The Morgan fingerprint density at radius 3 is 2.53 bits per heavy atom. The van der Waals surface area contributed by atoms with Crippen LogP contribution in [0.5, 0.6) is 0 Å². The third kappa shape index (κ3) is 3.68. The Hall–Kier alpha value is -0.610. The number of rotatable bonds is 2. The Labute approximate surface area is 103 Å². The quantitative estimate of drug-likeness (QED) is 0.746. The molecule has 2 rings (SSSR count). The Bertz CT molecular complexity index is 253. The van der Waals surface area contributed by atoms with E-state index >= 15 is 0 Å². The van der Waals surface area contributed by atoms with Crippen LogP contribution in [-0.4, -0.2) is 36.9 Å². The number of carbonyl (C=O) groups excluding carboxylic acids is 1. The van der Waals surface area contributed by atoms with Crippen molar-refractivity contribution in [3.8, 4) is 0 Å². The average molecular weight is 241 g/mol. The van der Waals surface area contributed by atoms with Crippen LogP contribution in [0.3, 0.4) is 0 Å². The van der Waals surface area contributed by atoms with Gasteiger partial charge in [-0.25, -0.2) is 0 Å². The molecule has 0 radical (unpaired) electrons. The van der Waals surface area contributed by atoms with E-state index in [1.807, 2.05) is 13.8 Å². The smallest absolute Gasteiger partial charge is 0.323 e. The zero-order valence-electron chi connectivity index (χ0n) is 10.8. The molecule has 2 aliphatic heterocycles. The molecule has 0 amide bonds. The monoisotopic (exact) mass is 241 g/mol. The predicted molar refractivity (Wildman–Crippen MR) is 64.8 cm³/mol. The van der Waals surface area contributed by atoms with Gasteiger partial charge >= 0.3 is 5.97 Å². The van der Waals surface area contributed by atoms with Gasteiger partial charge in [0.05, 0.1) is 12.2 Å². The van der Waals surface area contributed by atoms with E-state index < -0.39 is 0 Å². The molecule has 2 saturated heterocycles. The summed E-state index contributed by atoms with van der Waals surface area (Å²) in [5.41, 5.74) is 0. The van der Waals surface area contributed by atoms with E-state index in [-0.39, 0.29) is 30.3 Å². The van der Waals surface area contributed by atoms with Crippen LogP contribution in [-0.2, 0) is 14.3 Å². The molecule has 4 heteroatoms. The molecule has 0 spiro atoms. The van der Waals surface area contributed by atoms with Gasteiger partial charge in [0.2, 0.25) is 0 Å². The molecule has 1 N–H and O–H groups in total. The van der Waals surface area contributed by atoms with Gasteiger partial charge < -0.3 is 14.8 Å². The summed E-state index contributed by atoms with van der Waals surface area (Å²) in [6.07, 6.45) is 5.25. The van der Waals surface area contributed by atoms with Crippen molar-refractivity contribution in [3.05, 3.63) is 0 Å². The Morgan fingerprint density at radius 2 is 1.94 bits per heavy atom. The largest absolute Gasteiger partial charge is 0.461 e. The second-order valence-corrected chi connectivity index (χ2v) is 5.29. The zero-order valence-corrected chi connectivity index (χ0v) is 10.8. The first-order valence-corrected chi connectivity index (χ1v) is 6.74. The highest BCUT2D eigenvalue weighted by Crippen LogP contribution is 2.22. The van der Waals surface area contributed by atoms with E-state index in [1.54, 1.807) is 0 Å². The molecule has 0 aromatic rings. The summed E-state index contributed by atoms with van der Waals surface area (Å²) in [6.45, 7) is 5.01. The lowest BCUT2D eigenvalue weighted by Crippen LogP contribution is -2.44. The van der Waals surface area contributed by atoms with Crippen molar-refractivity contribution in [3.63, 3.8) is 0 Å². The highest BCUT2D eigenvalue weighted by molar-refractivity contribution is 5.76. The highest BCUT2D eigenvalue weighted by Gasteiger charge is 2.30. The number of hydrogen-bond donors (Lipinski definition) is 1. The van der Waals surface area contributed by atoms with Crippen LogP contribution in [0, 0.1) is 0 Å². The standard InChI is InChI=1S/C13H23NO3/c1-9-7-11(8-10(2)16-9)17-13(15)12-5-3-4-6-14-12/h9-12,14H,3-8H2,1-2H3/t9?,10?,11?,12-/m1/s1. The summed E-state index contributed by atoms with van der Waals surface area (Å²) < 4.78 is 11.2. The normalized spacial score (nSPS) is 38.7. The molecule has 0 bridgehead atoms. The lowest BCUT2D eigenvalue weighted by molar-refractivity contribution is -0.162. The summed E-state index contributed by atoms with van der Waals surface area (Å²) in [4.78, 5) is 12.0. The van der Waals surface area contributed by atoms with Crippen LogP contribution in [0.1, 0.15) is 46.0 Å². The van der Waals surface area contributed by atoms with Gasteiger partial charge in [0.1, 0.15) is 12.1 Å². The molecule has 98 valence electrons. The minimum atomic E-state index is -0.0859. The fourth-order valence-corrected chi connectivity index (χ4v) is 2.74. The maximum absolute atomic E-state index is 12.0. The van der Waals surface area contributed by atoms with Gasteiger partial charge in [-0.2, -0.15) is 0 Å². The molecule has 3 atom stereocenters. The van der Waals surface area contributed by atoms with Crippen LogP contribution in [0.15, 0.2) is 0 Å². The van der Waals surface area contributed by atoms with E-state index in [0.717, 1.165) is 38.6 Å². The summed E-state index contributed by atoms with van der Waals surface area (Å²) in [7, 11) is 0. The van der Waals surface area contributed by atoms with Crippen molar-refractivity contribution in [2.24, 2.45) is 0 Å². The maximum atomic E-state index is 12.0. The Kier molecular flexibility index (Phi) is 4.40. The maximum Gasteiger partial charge on any atom is 0.323 e. The molecule has 0 aliphatic carbocycles. The van der Waals surface area contributed by atoms with Crippen molar-refractivity contribution in [2.75, 3.05) is 6.54 Å². The van der Waals surface area contributed by atoms with Crippen molar-refractivity contribution in [2.45, 2.75) is 70.3 Å². The fourth-order valence-electron chi connectivity index (χ4n) is 2.74. The molecule has 0 aromatic heterocycles. The van der Waals surface area contributed by atoms with Crippen LogP contribution < -0.4 is 5.32 Å². The van der Waals surface area contributed by atoms with Crippen molar-refractivity contribution in [1.29, 1.82) is 0 Å². The number of nitrogens with one attached hydrogen (secondary N) is 1. The van der Waals surface area contributed by atoms with Gasteiger partial charge in [0, 0.05) is 12.8 Å². The number of hydrogen-bond acceptors (Lipinski definition) is 4. The average Bonchev–Trinajstić information content (AvgIpc) is 2.28. The summed E-state index contributed by atoms with van der Waals surface area (Å²) in [5.74, 6) is -0.0731. The van der Waals surface area contributed by atoms with Gasteiger partial charge in [-0.15, -0.1) is 0 Å². The van der Waals surface area contributed by atoms with Crippen molar-refractivity contribution >= 4 is 5.97 Å². The van der Waals surface area contributed by atoms with Crippen molar-refractivity contribution < 1.29 is 14.3 Å². The number of ether oxygens (including phenoxy) is 2. The topological polar surface area (TPSA) is 47.6 Å². The third-order valence-corrected chi connectivity index (χ3v) is 3.53. The molecule has 2 unspecified atom stereocenters. The zero-order chi connectivity index (χ0) is 12.3. The van der Waals surface area contributed by atoms with Gasteiger partial charge in [0.15, 0.2) is 0 Å². The number of esters is 1. The van der Waals surface area contributed by atoms with Crippen LogP contribution >= 0.6 is 0 Å². The second kappa shape index (κ2) is 5.83. The third-order valence-electron chi connectivity index (χ3n) is 3.53. The first-order valence-electron chi connectivity index (χ1n) is 6.74. The van der Waals surface area contributed by atoms with Gasteiger partial charge in [-0.1, -0.05) is 6.42 Å². The second-order valence-electron chi connectivity index (χ2n) is 5.29. The molecular weight excluding hydrogens is 218 g/mol. The summed E-state index contributed by atoms with van der Waals surface area (Å²) in [6, 6.07) is -0.0859. The van der Waals surface area contributed by atoms with Gasteiger partial charge in [0.25, 0.3) is 0 Å². The molecule has 2 heterocycles. The van der Waals surface area contributed by atoms with E-state index in [2.05, 4.69) is 5.32 Å². The minimum absolute atomic E-state index is 0.0324. The van der Waals surface area contributed by atoms with E-state index in [9.17, 15) is 4.79 Å². The first kappa shape index (κ1) is 12.8. The summed E-state index contributed by atoms with van der Waals surface area (Å²) in [5, 5.41) is 3.23. The highest BCUT2D eigenvalue weighted by atomic mass is 16.6. The molecule has 0 aromatic carbocycles. The molecule has 4 nitrogen and oxygen atoms in total. The van der Waals surface area contributed by atoms with Gasteiger partial charge in [-0.05, 0) is 33.2 Å². The molecule has 0 saturated carbocycles. The number of piperidine rings is 1. The molecule has 17 heavy (non-hydrogen) atoms. The molecule has 2 fully saturated rings. The molecule has 2 aliphatic rings. The van der Waals surface area contributed by atoms with Crippen LogP contribution in [0.25, 0.3) is 0 Å². The van der Waals surface area contributed by atoms with E-state index in [0.29, 0.717) is 0 Å². The van der Waals surface area contributed by atoms with Crippen LogP contribution in [0.2, 0.25) is 0 Å². The Morgan fingerprint density at radius 1 is 1.24 bits per heavy atom. The first-order chi connectivity index (χ1) is 8.15. The molecular formula is C13H23NO3. The minimum Gasteiger partial charge on any atom is -0.461 e. The van der Waals surface area contributed by atoms with E-state index in [1.165, 1.54) is 0 Å². The predicted octanol–water partition coefficient (Wildman–Crippen LogP) is 1.63. The van der Waals surface area contributed by atoms with Crippen LogP contribution in [0.4, 0.5) is 0 Å². The summed E-state index contributed by atoms with van der Waals surface area (Å²) >= 11 is 0. The Balaban J connectivity index is 1.80. The van der Waals surface area contributed by atoms with E-state index in [4.69, 9.17) is 9.47 Å². The fraction of sp³-hybridized carbons (Fsp3) is 0.923.